The zero-order valence-corrected chi connectivity index (χ0v) is 12.4. The van der Waals surface area contributed by atoms with Gasteiger partial charge in [-0.05, 0) is 55.0 Å². The number of methoxy groups -OCH3 is 1. The molecule has 0 fully saturated rings. The average molecular weight is 325 g/mol. The van der Waals surface area contributed by atoms with E-state index in [1.54, 1.807) is 25.1 Å². The largest absolute Gasteiger partial charge is 0.573 e. The topological polar surface area (TPSA) is 47.6 Å². The van der Waals surface area contributed by atoms with Crippen LogP contribution >= 0.6 is 0 Å². The van der Waals surface area contributed by atoms with Gasteiger partial charge in [-0.3, -0.25) is 4.79 Å². The summed E-state index contributed by atoms with van der Waals surface area (Å²) in [5.74, 6) is -0.0637. The van der Waals surface area contributed by atoms with Gasteiger partial charge in [-0.1, -0.05) is 0 Å². The van der Waals surface area contributed by atoms with Crippen molar-refractivity contribution in [3.63, 3.8) is 0 Å². The summed E-state index contributed by atoms with van der Waals surface area (Å²) in [4.78, 5) is 12.1. The highest BCUT2D eigenvalue weighted by molar-refractivity contribution is 6.04. The van der Waals surface area contributed by atoms with Crippen LogP contribution in [0, 0.1) is 6.92 Å². The van der Waals surface area contributed by atoms with Crippen molar-refractivity contribution in [2.45, 2.75) is 13.3 Å². The summed E-state index contributed by atoms with van der Waals surface area (Å²) in [6.07, 6.45) is -4.74. The number of hydrogen-bond donors (Lipinski definition) is 1. The molecular formula is C16H14F3NO3. The number of carbonyl (C=O) groups is 1. The third-order valence-electron chi connectivity index (χ3n) is 3.00. The maximum atomic E-state index is 12.1. The predicted octanol–water partition coefficient (Wildman–Crippen LogP) is 4.15. The first-order valence-corrected chi connectivity index (χ1v) is 6.60. The van der Waals surface area contributed by atoms with Crippen LogP contribution in [0.25, 0.3) is 0 Å². The van der Waals surface area contributed by atoms with Crippen molar-refractivity contribution < 1.29 is 27.4 Å². The second-order valence-corrected chi connectivity index (χ2v) is 4.71. The molecule has 4 nitrogen and oxygen atoms in total. The average Bonchev–Trinajstić information content (AvgIpc) is 2.47. The predicted molar refractivity (Wildman–Crippen MR) is 78.8 cm³/mol. The van der Waals surface area contributed by atoms with Gasteiger partial charge in [0.25, 0.3) is 5.91 Å². The van der Waals surface area contributed by atoms with E-state index in [2.05, 4.69) is 10.1 Å². The SMILES string of the molecule is COc1ccc(C(=O)Nc2ccc(OC(F)(F)F)cc2)cc1C. The Balaban J connectivity index is 2.07. The molecule has 2 rings (SSSR count). The van der Waals surface area contributed by atoms with Crippen molar-refractivity contribution in [2.75, 3.05) is 12.4 Å². The van der Waals surface area contributed by atoms with Crippen LogP contribution in [0.4, 0.5) is 18.9 Å². The van der Waals surface area contributed by atoms with Crippen molar-refractivity contribution >= 4 is 11.6 Å². The molecule has 0 unspecified atom stereocenters. The van der Waals surface area contributed by atoms with E-state index in [4.69, 9.17) is 4.74 Å². The summed E-state index contributed by atoms with van der Waals surface area (Å²) in [5.41, 5.74) is 1.57. The molecule has 1 amide bonds. The Morgan fingerprint density at radius 2 is 1.74 bits per heavy atom. The summed E-state index contributed by atoms with van der Waals surface area (Å²) in [5, 5.41) is 2.60. The lowest BCUT2D eigenvalue weighted by Gasteiger charge is -2.10. The van der Waals surface area contributed by atoms with Crippen LogP contribution in [-0.4, -0.2) is 19.4 Å². The fourth-order valence-corrected chi connectivity index (χ4v) is 1.96. The lowest BCUT2D eigenvalue weighted by atomic mass is 10.1. The normalized spacial score (nSPS) is 11.0. The molecule has 0 aliphatic heterocycles. The molecule has 0 aliphatic carbocycles. The summed E-state index contributed by atoms with van der Waals surface area (Å²) in [6.45, 7) is 1.80. The van der Waals surface area contributed by atoms with E-state index >= 15 is 0 Å². The second-order valence-electron chi connectivity index (χ2n) is 4.71. The first-order valence-electron chi connectivity index (χ1n) is 6.60. The highest BCUT2D eigenvalue weighted by atomic mass is 19.4. The summed E-state index contributed by atoms with van der Waals surface area (Å²) >= 11 is 0. The van der Waals surface area contributed by atoms with Gasteiger partial charge in [0.2, 0.25) is 0 Å². The Labute approximate surface area is 130 Å². The molecule has 0 atom stereocenters. The third kappa shape index (κ3) is 4.64. The number of amides is 1. The number of anilines is 1. The molecule has 0 saturated carbocycles. The Morgan fingerprint density at radius 1 is 1.09 bits per heavy atom. The summed E-state index contributed by atoms with van der Waals surface area (Å²) in [6, 6.07) is 9.84. The fourth-order valence-electron chi connectivity index (χ4n) is 1.96. The summed E-state index contributed by atoms with van der Waals surface area (Å²) in [7, 11) is 1.53. The molecule has 7 heteroatoms. The van der Waals surface area contributed by atoms with Crippen molar-refractivity contribution in [3.8, 4) is 11.5 Å². The Morgan fingerprint density at radius 3 is 2.26 bits per heavy atom. The van der Waals surface area contributed by atoms with Crippen molar-refractivity contribution in [1.29, 1.82) is 0 Å². The molecule has 0 aliphatic rings. The molecule has 23 heavy (non-hydrogen) atoms. The quantitative estimate of drug-likeness (QED) is 0.918. The minimum atomic E-state index is -4.74. The molecule has 2 aromatic carbocycles. The first kappa shape index (κ1) is 16.7. The lowest BCUT2D eigenvalue weighted by molar-refractivity contribution is -0.274. The van der Waals surface area contributed by atoms with Gasteiger partial charge in [0.05, 0.1) is 7.11 Å². The number of halogens is 3. The van der Waals surface area contributed by atoms with Crippen LogP contribution in [0.3, 0.4) is 0 Å². The number of ether oxygens (including phenoxy) is 2. The smallest absolute Gasteiger partial charge is 0.496 e. The van der Waals surface area contributed by atoms with Gasteiger partial charge in [-0.15, -0.1) is 13.2 Å². The van der Waals surface area contributed by atoms with Crippen LogP contribution in [0.5, 0.6) is 11.5 Å². The van der Waals surface area contributed by atoms with Gasteiger partial charge in [0.15, 0.2) is 0 Å². The van der Waals surface area contributed by atoms with E-state index < -0.39 is 6.36 Å². The molecule has 0 heterocycles. The van der Waals surface area contributed by atoms with Crippen molar-refractivity contribution in [3.05, 3.63) is 53.6 Å². The molecule has 2 aromatic rings. The maximum Gasteiger partial charge on any atom is 0.573 e. The van der Waals surface area contributed by atoms with Gasteiger partial charge < -0.3 is 14.8 Å². The lowest BCUT2D eigenvalue weighted by Crippen LogP contribution is -2.17. The van der Waals surface area contributed by atoms with Crippen LogP contribution in [0.1, 0.15) is 15.9 Å². The number of nitrogens with one attached hydrogen (secondary N) is 1. The fraction of sp³-hybridized carbons (Fsp3) is 0.188. The standard InChI is InChI=1S/C16H14F3NO3/c1-10-9-11(3-8-14(10)22-2)15(21)20-12-4-6-13(7-5-12)23-16(17,18)19/h3-9H,1-2H3,(H,20,21). The van der Waals surface area contributed by atoms with Gasteiger partial charge in [-0.25, -0.2) is 0 Å². The minimum absolute atomic E-state index is 0.351. The highest BCUT2D eigenvalue weighted by Crippen LogP contribution is 2.24. The zero-order chi connectivity index (χ0) is 17.0. The number of benzene rings is 2. The molecular weight excluding hydrogens is 311 g/mol. The van der Waals surface area contributed by atoms with Crippen LogP contribution in [-0.2, 0) is 0 Å². The van der Waals surface area contributed by atoms with Crippen LogP contribution in [0.2, 0.25) is 0 Å². The molecule has 0 saturated heterocycles. The Bertz CT molecular complexity index is 697. The van der Waals surface area contributed by atoms with E-state index in [9.17, 15) is 18.0 Å². The molecule has 0 radical (unpaired) electrons. The first-order chi connectivity index (χ1) is 10.8. The van der Waals surface area contributed by atoms with E-state index in [-0.39, 0.29) is 11.7 Å². The van der Waals surface area contributed by atoms with Gasteiger partial charge in [0, 0.05) is 11.3 Å². The Kier molecular flexibility index (Phi) is 4.78. The van der Waals surface area contributed by atoms with Gasteiger partial charge in [0.1, 0.15) is 11.5 Å². The van der Waals surface area contributed by atoms with E-state index in [1.807, 2.05) is 0 Å². The minimum Gasteiger partial charge on any atom is -0.496 e. The molecule has 122 valence electrons. The zero-order valence-electron chi connectivity index (χ0n) is 12.4. The number of alkyl halides is 3. The maximum absolute atomic E-state index is 12.1. The molecule has 0 aromatic heterocycles. The summed E-state index contributed by atoms with van der Waals surface area (Å²) < 4.78 is 45.1. The van der Waals surface area contributed by atoms with E-state index in [0.717, 1.165) is 17.7 Å². The van der Waals surface area contributed by atoms with Crippen LogP contribution < -0.4 is 14.8 Å². The number of carbonyl (C=O) groups excluding carboxylic acids is 1. The van der Waals surface area contributed by atoms with Gasteiger partial charge >= 0.3 is 6.36 Å². The van der Waals surface area contributed by atoms with E-state index in [0.29, 0.717) is 17.0 Å². The molecule has 0 spiro atoms. The van der Waals surface area contributed by atoms with Crippen molar-refractivity contribution in [2.24, 2.45) is 0 Å². The monoisotopic (exact) mass is 325 g/mol. The third-order valence-corrected chi connectivity index (χ3v) is 3.00. The Hall–Kier alpha value is -2.70. The second kappa shape index (κ2) is 6.60. The van der Waals surface area contributed by atoms with Gasteiger partial charge in [-0.2, -0.15) is 0 Å². The highest BCUT2D eigenvalue weighted by Gasteiger charge is 2.30. The molecule has 1 N–H and O–H groups in total. The number of hydrogen-bond acceptors (Lipinski definition) is 3. The number of rotatable bonds is 4. The van der Waals surface area contributed by atoms with Crippen LogP contribution in [0.15, 0.2) is 42.5 Å². The number of aryl methyl sites for hydroxylation is 1. The van der Waals surface area contributed by atoms with Crippen molar-refractivity contribution in [1.82, 2.24) is 0 Å². The van der Waals surface area contributed by atoms with E-state index in [1.165, 1.54) is 19.2 Å². The molecule has 0 bridgehead atoms.